The monoisotopic (exact) mass is 294 g/mol. The van der Waals surface area contributed by atoms with Crippen LogP contribution in [0.3, 0.4) is 0 Å². The average molecular weight is 295 g/mol. The van der Waals surface area contributed by atoms with Crippen LogP contribution < -0.4 is 10.2 Å². The summed E-state index contributed by atoms with van der Waals surface area (Å²) in [5, 5.41) is 3.88. The number of carbonyl (C=O) groups excluding carboxylic acids is 1. The highest BCUT2D eigenvalue weighted by Crippen LogP contribution is 2.21. The van der Waals surface area contributed by atoms with E-state index >= 15 is 0 Å². The Morgan fingerprint density at radius 1 is 1.32 bits per heavy atom. The molecule has 0 radical (unpaired) electrons. The van der Waals surface area contributed by atoms with Gasteiger partial charge in [-0.15, -0.1) is 11.3 Å². The molecule has 0 saturated heterocycles. The summed E-state index contributed by atoms with van der Waals surface area (Å²) in [5.74, 6) is 0.496. The minimum atomic E-state index is -0.276. The summed E-state index contributed by atoms with van der Waals surface area (Å²) in [6.07, 6.45) is 1.56. The molecule has 6 heteroatoms. The van der Waals surface area contributed by atoms with Crippen molar-refractivity contribution in [3.05, 3.63) is 51.2 Å². The molecule has 1 aromatic heterocycles. The molecule has 0 spiro atoms. The van der Waals surface area contributed by atoms with Gasteiger partial charge in [0, 0.05) is 0 Å². The fourth-order valence-corrected chi connectivity index (χ4v) is 2.28. The Morgan fingerprint density at radius 2 is 2.05 bits per heavy atom. The van der Waals surface area contributed by atoms with E-state index in [4.69, 9.17) is 16.3 Å². The van der Waals surface area contributed by atoms with E-state index in [9.17, 15) is 4.79 Å². The van der Waals surface area contributed by atoms with Gasteiger partial charge in [-0.1, -0.05) is 11.6 Å². The molecule has 19 heavy (non-hydrogen) atoms. The van der Waals surface area contributed by atoms with Gasteiger partial charge in [-0.3, -0.25) is 4.79 Å². The van der Waals surface area contributed by atoms with Crippen molar-refractivity contribution >= 4 is 35.1 Å². The van der Waals surface area contributed by atoms with Crippen molar-refractivity contribution < 1.29 is 9.53 Å². The van der Waals surface area contributed by atoms with Crippen LogP contribution in [-0.4, -0.2) is 19.2 Å². The normalized spacial score (nSPS) is 10.6. The van der Waals surface area contributed by atoms with Crippen molar-refractivity contribution in [3.8, 4) is 5.75 Å². The van der Waals surface area contributed by atoms with Gasteiger partial charge < -0.3 is 4.74 Å². The first kappa shape index (κ1) is 13.6. The highest BCUT2D eigenvalue weighted by Gasteiger charge is 2.06. The molecule has 0 aliphatic heterocycles. The lowest BCUT2D eigenvalue weighted by molar-refractivity contribution is 0.0959. The molecule has 0 aliphatic rings. The Hall–Kier alpha value is -1.85. The first-order valence-corrected chi connectivity index (χ1v) is 6.61. The maximum Gasteiger partial charge on any atom is 0.281 e. The summed E-state index contributed by atoms with van der Waals surface area (Å²) in [4.78, 5) is 12.2. The zero-order valence-corrected chi connectivity index (χ0v) is 11.7. The molecule has 2 aromatic rings. The van der Waals surface area contributed by atoms with Crippen LogP contribution >= 0.6 is 22.9 Å². The summed E-state index contributed by atoms with van der Waals surface area (Å²) < 4.78 is 5.62. The number of halogens is 1. The van der Waals surface area contributed by atoms with Crippen LogP contribution in [0.4, 0.5) is 0 Å². The van der Waals surface area contributed by atoms with E-state index in [1.54, 1.807) is 25.5 Å². The van der Waals surface area contributed by atoms with Gasteiger partial charge in [0.05, 0.1) is 22.5 Å². The number of amides is 1. The van der Waals surface area contributed by atoms with E-state index in [1.807, 2.05) is 24.3 Å². The number of nitrogens with zero attached hydrogens (tertiary/aromatic N) is 1. The minimum absolute atomic E-state index is 0.276. The molecular formula is C13H11ClN2O2S. The zero-order chi connectivity index (χ0) is 13.7. The van der Waals surface area contributed by atoms with Crippen molar-refractivity contribution in [3.63, 3.8) is 0 Å². The van der Waals surface area contributed by atoms with E-state index < -0.39 is 0 Å². The highest BCUT2D eigenvalue weighted by atomic mass is 35.5. The van der Waals surface area contributed by atoms with E-state index in [0.29, 0.717) is 9.21 Å². The number of hydrazone groups is 1. The second-order valence-electron chi connectivity index (χ2n) is 3.58. The number of methoxy groups -OCH3 is 1. The summed E-state index contributed by atoms with van der Waals surface area (Å²) in [7, 11) is 1.61. The number of benzene rings is 1. The molecule has 98 valence electrons. The molecule has 0 atom stereocenters. The van der Waals surface area contributed by atoms with Crippen molar-refractivity contribution in [1.82, 2.24) is 5.43 Å². The van der Waals surface area contributed by atoms with Crippen LogP contribution in [0, 0.1) is 0 Å². The number of rotatable bonds is 4. The minimum Gasteiger partial charge on any atom is -0.497 e. The summed E-state index contributed by atoms with van der Waals surface area (Å²) >= 11 is 6.96. The molecule has 0 aliphatic carbocycles. The number of ether oxygens (including phenoxy) is 1. The van der Waals surface area contributed by atoms with Crippen molar-refractivity contribution in [1.29, 1.82) is 0 Å². The lowest BCUT2D eigenvalue weighted by Crippen LogP contribution is -2.16. The highest BCUT2D eigenvalue weighted by molar-refractivity contribution is 7.17. The second-order valence-corrected chi connectivity index (χ2v) is 5.29. The Morgan fingerprint density at radius 3 is 2.63 bits per heavy atom. The van der Waals surface area contributed by atoms with Gasteiger partial charge >= 0.3 is 0 Å². The average Bonchev–Trinajstić information content (AvgIpc) is 2.86. The van der Waals surface area contributed by atoms with Gasteiger partial charge in [0.2, 0.25) is 0 Å². The van der Waals surface area contributed by atoms with Crippen molar-refractivity contribution in [2.24, 2.45) is 5.10 Å². The fourth-order valence-electron chi connectivity index (χ4n) is 1.35. The Kier molecular flexibility index (Phi) is 4.54. The topological polar surface area (TPSA) is 50.7 Å². The van der Waals surface area contributed by atoms with Gasteiger partial charge in [0.25, 0.3) is 5.91 Å². The molecule has 1 amide bonds. The molecule has 1 aromatic carbocycles. The van der Waals surface area contributed by atoms with Gasteiger partial charge in [-0.25, -0.2) is 5.43 Å². The van der Waals surface area contributed by atoms with Crippen LogP contribution in [0.1, 0.15) is 15.2 Å². The predicted octanol–water partition coefficient (Wildman–Crippen LogP) is 3.17. The standard InChI is InChI=1S/C13H11ClN2O2S/c1-18-10-4-2-9(3-5-10)8-15-16-13(17)11-6-7-12(14)19-11/h2-8H,1H3,(H,16,17)/b15-8+. The van der Waals surface area contributed by atoms with Crippen molar-refractivity contribution in [2.75, 3.05) is 7.11 Å². The molecule has 0 unspecified atom stereocenters. The molecule has 1 N–H and O–H groups in total. The van der Waals surface area contributed by atoms with Gasteiger partial charge in [0.15, 0.2) is 0 Å². The van der Waals surface area contributed by atoms with Gasteiger partial charge in [0.1, 0.15) is 5.75 Å². The Balaban J connectivity index is 1.94. The van der Waals surface area contributed by atoms with Crippen LogP contribution in [0.15, 0.2) is 41.5 Å². The number of hydrogen-bond donors (Lipinski definition) is 1. The number of carbonyl (C=O) groups is 1. The summed E-state index contributed by atoms with van der Waals surface area (Å²) in [6.45, 7) is 0. The number of hydrogen-bond acceptors (Lipinski definition) is 4. The van der Waals surface area contributed by atoms with E-state index in [1.165, 1.54) is 11.3 Å². The Bertz CT molecular complexity index is 593. The van der Waals surface area contributed by atoms with Gasteiger partial charge in [-0.2, -0.15) is 5.10 Å². The smallest absolute Gasteiger partial charge is 0.281 e. The van der Waals surface area contributed by atoms with E-state index in [0.717, 1.165) is 11.3 Å². The van der Waals surface area contributed by atoms with E-state index in [2.05, 4.69) is 10.5 Å². The predicted molar refractivity (Wildman–Crippen MR) is 77.4 cm³/mol. The maximum atomic E-state index is 11.7. The maximum absolute atomic E-state index is 11.7. The lowest BCUT2D eigenvalue weighted by atomic mass is 10.2. The largest absolute Gasteiger partial charge is 0.497 e. The molecule has 2 rings (SSSR count). The molecule has 0 fully saturated rings. The van der Waals surface area contributed by atoms with Crippen LogP contribution in [-0.2, 0) is 0 Å². The number of thiophene rings is 1. The fraction of sp³-hybridized carbons (Fsp3) is 0.0769. The Labute approximate surface area is 119 Å². The second kappa shape index (κ2) is 6.36. The van der Waals surface area contributed by atoms with Gasteiger partial charge in [-0.05, 0) is 42.0 Å². The molecule has 4 nitrogen and oxygen atoms in total. The molecule has 0 bridgehead atoms. The molecule has 0 saturated carbocycles. The summed E-state index contributed by atoms with van der Waals surface area (Å²) in [5.41, 5.74) is 3.31. The third kappa shape index (κ3) is 3.81. The first-order chi connectivity index (χ1) is 9.19. The molecule has 1 heterocycles. The lowest BCUT2D eigenvalue weighted by Gasteiger charge is -1.99. The zero-order valence-electron chi connectivity index (χ0n) is 10.1. The quantitative estimate of drug-likeness (QED) is 0.695. The SMILES string of the molecule is COc1ccc(/C=N/NC(=O)c2ccc(Cl)s2)cc1. The van der Waals surface area contributed by atoms with Crippen molar-refractivity contribution in [2.45, 2.75) is 0 Å². The van der Waals surface area contributed by atoms with Crippen LogP contribution in [0.2, 0.25) is 4.34 Å². The van der Waals surface area contributed by atoms with Crippen LogP contribution in [0.5, 0.6) is 5.75 Å². The molecular weight excluding hydrogens is 284 g/mol. The van der Waals surface area contributed by atoms with E-state index in [-0.39, 0.29) is 5.91 Å². The van der Waals surface area contributed by atoms with Crippen LogP contribution in [0.25, 0.3) is 0 Å². The third-order valence-electron chi connectivity index (χ3n) is 2.29. The summed E-state index contributed by atoms with van der Waals surface area (Å²) in [6, 6.07) is 10.7. The number of nitrogens with one attached hydrogen (secondary N) is 1. The third-order valence-corrected chi connectivity index (χ3v) is 3.52. The first-order valence-electron chi connectivity index (χ1n) is 5.42.